The molecule has 76 valence electrons. The molecule has 0 bridgehead atoms. The van der Waals surface area contributed by atoms with E-state index in [1.165, 1.54) is 0 Å². The maximum atomic E-state index is 13.1. The van der Waals surface area contributed by atoms with E-state index in [-0.39, 0.29) is 12.5 Å². The number of aliphatic hydroxyl groups is 1. The van der Waals surface area contributed by atoms with E-state index in [1.807, 2.05) is 0 Å². The van der Waals surface area contributed by atoms with Crippen molar-refractivity contribution in [2.24, 2.45) is 5.92 Å². The van der Waals surface area contributed by atoms with E-state index in [0.29, 0.717) is 0 Å². The molecule has 0 aliphatic heterocycles. The van der Waals surface area contributed by atoms with Gasteiger partial charge in [0.1, 0.15) is 0 Å². The summed E-state index contributed by atoms with van der Waals surface area (Å²) in [7, 11) is 0. The van der Waals surface area contributed by atoms with E-state index in [4.69, 9.17) is 0 Å². The van der Waals surface area contributed by atoms with Crippen molar-refractivity contribution in [1.29, 1.82) is 0 Å². The van der Waals surface area contributed by atoms with Gasteiger partial charge in [-0.2, -0.15) is 0 Å². The van der Waals surface area contributed by atoms with Gasteiger partial charge in [0.2, 0.25) is 6.17 Å². The summed E-state index contributed by atoms with van der Waals surface area (Å²) in [5.74, 6) is -0.999. The van der Waals surface area contributed by atoms with Crippen LogP contribution in [0, 0.1) is 5.92 Å². The van der Waals surface area contributed by atoms with Gasteiger partial charge in [-0.25, -0.2) is 9.18 Å². The first-order chi connectivity index (χ1) is 6.16. The number of rotatable bonds is 4. The van der Waals surface area contributed by atoms with Crippen molar-refractivity contribution in [2.45, 2.75) is 38.5 Å². The molecule has 1 rings (SSSR count). The number of hydrogen-bond acceptors (Lipinski definition) is 3. The Labute approximate surface area is 76.9 Å². The summed E-state index contributed by atoms with van der Waals surface area (Å²) in [4.78, 5) is 10.9. The molecule has 0 saturated heterocycles. The Balaban J connectivity index is 2.35. The molecule has 3 nitrogen and oxygen atoms in total. The first kappa shape index (κ1) is 10.4. The molecule has 0 heterocycles. The lowest BCUT2D eigenvalue weighted by molar-refractivity contribution is -0.156. The Hall–Kier alpha value is -0.640. The number of carbonyl (C=O) groups excluding carboxylic acids is 1. The van der Waals surface area contributed by atoms with E-state index in [2.05, 4.69) is 4.74 Å². The van der Waals surface area contributed by atoms with Crippen molar-refractivity contribution in [3.05, 3.63) is 0 Å². The van der Waals surface area contributed by atoms with Crippen LogP contribution >= 0.6 is 0 Å². The van der Waals surface area contributed by atoms with Gasteiger partial charge >= 0.3 is 5.97 Å². The number of ether oxygens (including phenoxy) is 1. The monoisotopic (exact) mass is 190 g/mol. The standard InChI is InChI=1S/C9H15FO3/c1-2-13-9(12)7(10)8(11)6-4-3-5-6/h6-8,11H,2-5H2,1H3. The fourth-order valence-electron chi connectivity index (χ4n) is 1.38. The molecule has 2 atom stereocenters. The molecule has 1 aliphatic rings. The van der Waals surface area contributed by atoms with Crippen LogP contribution < -0.4 is 0 Å². The molecule has 4 heteroatoms. The van der Waals surface area contributed by atoms with Gasteiger partial charge in [-0.05, 0) is 25.7 Å². The largest absolute Gasteiger partial charge is 0.464 e. The summed E-state index contributed by atoms with van der Waals surface area (Å²) in [6.07, 6.45) is -0.419. The number of hydrogen-bond donors (Lipinski definition) is 1. The molecule has 0 amide bonds. The van der Waals surface area contributed by atoms with Crippen LogP contribution in [0.5, 0.6) is 0 Å². The fraction of sp³-hybridized carbons (Fsp3) is 0.889. The minimum atomic E-state index is -1.87. The molecule has 0 aromatic heterocycles. The number of alkyl halides is 1. The Morgan fingerprint density at radius 1 is 1.69 bits per heavy atom. The molecule has 1 fully saturated rings. The molecule has 1 saturated carbocycles. The van der Waals surface area contributed by atoms with Gasteiger partial charge in [0.15, 0.2) is 0 Å². The zero-order valence-electron chi connectivity index (χ0n) is 7.70. The Bertz CT molecular complexity index is 180. The maximum absolute atomic E-state index is 13.1. The number of halogens is 1. The lowest BCUT2D eigenvalue weighted by Crippen LogP contribution is -2.40. The van der Waals surface area contributed by atoms with E-state index in [9.17, 15) is 14.3 Å². The molecule has 0 spiro atoms. The van der Waals surface area contributed by atoms with Gasteiger partial charge in [-0.1, -0.05) is 6.42 Å². The molecule has 1 aliphatic carbocycles. The van der Waals surface area contributed by atoms with E-state index in [1.54, 1.807) is 6.92 Å². The molecule has 2 unspecified atom stereocenters. The Morgan fingerprint density at radius 2 is 2.31 bits per heavy atom. The summed E-state index contributed by atoms with van der Waals surface area (Å²) in [5, 5.41) is 9.36. The zero-order valence-corrected chi connectivity index (χ0v) is 7.70. The smallest absolute Gasteiger partial charge is 0.343 e. The third-order valence-electron chi connectivity index (χ3n) is 2.44. The summed E-state index contributed by atoms with van der Waals surface area (Å²) >= 11 is 0. The van der Waals surface area contributed by atoms with Crippen molar-refractivity contribution in [3.63, 3.8) is 0 Å². The van der Waals surface area contributed by atoms with Gasteiger partial charge < -0.3 is 9.84 Å². The summed E-state index contributed by atoms with van der Waals surface area (Å²) in [5.41, 5.74) is 0. The van der Waals surface area contributed by atoms with E-state index < -0.39 is 18.2 Å². The zero-order chi connectivity index (χ0) is 9.84. The predicted octanol–water partition coefficient (Wildman–Crippen LogP) is 1.05. The van der Waals surface area contributed by atoms with Crippen LogP contribution in [-0.4, -0.2) is 30.0 Å². The third-order valence-corrected chi connectivity index (χ3v) is 2.44. The normalized spacial score (nSPS) is 21.8. The van der Waals surface area contributed by atoms with Gasteiger partial charge in [0, 0.05) is 0 Å². The Kier molecular flexibility index (Phi) is 3.66. The van der Waals surface area contributed by atoms with Gasteiger partial charge in [0.05, 0.1) is 12.7 Å². The highest BCUT2D eigenvalue weighted by molar-refractivity contribution is 5.75. The minimum Gasteiger partial charge on any atom is -0.464 e. The van der Waals surface area contributed by atoms with Crippen molar-refractivity contribution < 1.29 is 19.0 Å². The first-order valence-corrected chi connectivity index (χ1v) is 4.65. The molecule has 0 aromatic carbocycles. The molecule has 1 N–H and O–H groups in total. The fourth-order valence-corrected chi connectivity index (χ4v) is 1.38. The molecule has 0 aromatic rings. The van der Waals surface area contributed by atoms with Gasteiger partial charge in [-0.15, -0.1) is 0 Å². The SMILES string of the molecule is CCOC(=O)C(F)C(O)C1CCC1. The van der Waals surface area contributed by atoms with Crippen molar-refractivity contribution in [3.8, 4) is 0 Å². The third kappa shape index (κ3) is 2.40. The van der Waals surface area contributed by atoms with Crippen LogP contribution in [0.15, 0.2) is 0 Å². The van der Waals surface area contributed by atoms with Gasteiger partial charge in [0.25, 0.3) is 0 Å². The first-order valence-electron chi connectivity index (χ1n) is 4.65. The van der Waals surface area contributed by atoms with Crippen LogP contribution in [0.3, 0.4) is 0 Å². The van der Waals surface area contributed by atoms with Gasteiger partial charge in [-0.3, -0.25) is 0 Å². The van der Waals surface area contributed by atoms with Crippen LogP contribution in [-0.2, 0) is 9.53 Å². The van der Waals surface area contributed by atoms with Crippen LogP contribution in [0.2, 0.25) is 0 Å². The highest BCUT2D eigenvalue weighted by Crippen LogP contribution is 2.31. The average Bonchev–Trinajstić information content (AvgIpc) is 2.00. The van der Waals surface area contributed by atoms with Crippen LogP contribution in [0.1, 0.15) is 26.2 Å². The molecule has 13 heavy (non-hydrogen) atoms. The second-order valence-electron chi connectivity index (χ2n) is 3.34. The van der Waals surface area contributed by atoms with Crippen molar-refractivity contribution in [1.82, 2.24) is 0 Å². The lowest BCUT2D eigenvalue weighted by Gasteiger charge is -2.31. The quantitative estimate of drug-likeness (QED) is 0.674. The summed E-state index contributed by atoms with van der Waals surface area (Å²) in [6, 6.07) is 0. The number of carbonyl (C=O) groups is 1. The highest BCUT2D eigenvalue weighted by Gasteiger charge is 2.36. The number of esters is 1. The second-order valence-corrected chi connectivity index (χ2v) is 3.34. The maximum Gasteiger partial charge on any atom is 0.343 e. The molecular formula is C9H15FO3. The molecular weight excluding hydrogens is 175 g/mol. The van der Waals surface area contributed by atoms with Crippen LogP contribution in [0.25, 0.3) is 0 Å². The lowest BCUT2D eigenvalue weighted by atomic mass is 9.79. The van der Waals surface area contributed by atoms with E-state index >= 15 is 0 Å². The highest BCUT2D eigenvalue weighted by atomic mass is 19.1. The van der Waals surface area contributed by atoms with Crippen molar-refractivity contribution in [2.75, 3.05) is 6.61 Å². The summed E-state index contributed by atoms with van der Waals surface area (Å²) in [6.45, 7) is 1.76. The topological polar surface area (TPSA) is 46.5 Å². The second kappa shape index (κ2) is 4.56. The predicted molar refractivity (Wildman–Crippen MR) is 44.9 cm³/mol. The Morgan fingerprint density at radius 3 is 2.69 bits per heavy atom. The minimum absolute atomic E-state index is 0.0561. The van der Waals surface area contributed by atoms with E-state index in [0.717, 1.165) is 19.3 Å². The average molecular weight is 190 g/mol. The summed E-state index contributed by atoms with van der Waals surface area (Å²) < 4.78 is 17.6. The van der Waals surface area contributed by atoms with Crippen LogP contribution in [0.4, 0.5) is 4.39 Å². The van der Waals surface area contributed by atoms with Crippen molar-refractivity contribution >= 4 is 5.97 Å². The number of aliphatic hydroxyl groups excluding tert-OH is 1. The molecule has 0 radical (unpaired) electrons.